The van der Waals surface area contributed by atoms with Crippen LogP contribution in [0.5, 0.6) is 0 Å². The van der Waals surface area contributed by atoms with E-state index < -0.39 is 30.2 Å². The summed E-state index contributed by atoms with van der Waals surface area (Å²) in [5.41, 5.74) is 4.49. The third kappa shape index (κ3) is 9.70. The first-order valence-electron chi connectivity index (χ1n) is 21.1. The average Bonchev–Trinajstić information content (AvgIpc) is 3.96. The zero-order valence-electron chi connectivity index (χ0n) is 34.5. The number of nitrogens with zero attached hydrogens (tertiary/aromatic N) is 6. The molecule has 0 radical (unpaired) electrons. The molecule has 3 aliphatic heterocycles. The van der Waals surface area contributed by atoms with Crippen LogP contribution in [0.3, 0.4) is 0 Å². The highest BCUT2D eigenvalue weighted by Gasteiger charge is 2.34. The van der Waals surface area contributed by atoms with Crippen LogP contribution in [0.25, 0.3) is 22.1 Å². The number of alkyl halides is 3. The minimum absolute atomic E-state index is 0.0692. The maximum atomic E-state index is 16.6. The summed E-state index contributed by atoms with van der Waals surface area (Å²) in [6, 6.07) is 20.7. The van der Waals surface area contributed by atoms with Crippen LogP contribution in [0.15, 0.2) is 83.5 Å². The van der Waals surface area contributed by atoms with Crippen molar-refractivity contribution in [2.24, 2.45) is 0 Å². The molecule has 326 valence electrons. The SMILES string of the molecule is CN(CC(F)(F)F)C(=O)c1cc2c(-c3ccc(N4CCN(CCc5ccc(C6CCC(=O)NC6=O)cc5)CC4)cc3)cc([C@H]3CCCN(C(=O)CCn4cccn4)C3)c(F)c2o1. The summed E-state index contributed by atoms with van der Waals surface area (Å²) in [7, 11) is 1.02. The molecular weight excluding hydrogens is 807 g/mol. The van der Waals surface area contributed by atoms with E-state index in [4.69, 9.17) is 4.42 Å². The number of fused-ring (bicyclic) bond motifs is 1. The highest BCUT2D eigenvalue weighted by molar-refractivity contribution is 6.02. The third-order valence-corrected chi connectivity index (χ3v) is 12.3. The van der Waals surface area contributed by atoms with E-state index in [0.717, 1.165) is 57.4 Å². The van der Waals surface area contributed by atoms with Gasteiger partial charge in [-0.25, -0.2) is 4.39 Å². The third-order valence-electron chi connectivity index (χ3n) is 12.3. The van der Waals surface area contributed by atoms with Gasteiger partial charge >= 0.3 is 6.18 Å². The summed E-state index contributed by atoms with van der Waals surface area (Å²) >= 11 is 0. The van der Waals surface area contributed by atoms with Crippen molar-refractivity contribution in [3.63, 3.8) is 0 Å². The molecule has 5 aromatic rings. The molecule has 12 nitrogen and oxygen atoms in total. The Morgan fingerprint density at radius 1 is 0.952 bits per heavy atom. The van der Waals surface area contributed by atoms with E-state index >= 15 is 4.39 Å². The fourth-order valence-corrected chi connectivity index (χ4v) is 8.91. The van der Waals surface area contributed by atoms with Gasteiger partial charge in [0.15, 0.2) is 17.2 Å². The molecule has 1 N–H and O–H groups in total. The van der Waals surface area contributed by atoms with Gasteiger partial charge < -0.3 is 19.1 Å². The summed E-state index contributed by atoms with van der Waals surface area (Å²) in [6.45, 7) is 3.94. The van der Waals surface area contributed by atoms with E-state index in [2.05, 4.69) is 32.3 Å². The highest BCUT2D eigenvalue weighted by atomic mass is 19.4. The molecule has 2 aromatic heterocycles. The van der Waals surface area contributed by atoms with Gasteiger partial charge in [-0.3, -0.25) is 34.1 Å². The molecule has 0 aliphatic carbocycles. The predicted octanol–water partition coefficient (Wildman–Crippen LogP) is 6.75. The van der Waals surface area contributed by atoms with Crippen molar-refractivity contribution < 1.29 is 41.2 Å². The van der Waals surface area contributed by atoms with Gasteiger partial charge in [-0.1, -0.05) is 36.4 Å². The standard InChI is InChI=1S/C46H49F4N7O5/c1-53(29-46(48,49)50)45(61)39-27-38-36(26-37(42(47)43(38)62-39)33-4-2-18-56(28-33)41(59)16-21-57-19-3-17-51-57)32-9-11-34(12-10-32)55-24-22-54(23-25-55)20-15-30-5-7-31(8-6-30)35-13-14-40(58)52-44(35)60/h3,5-12,17,19,26-27,33,35H,2,4,13-16,18,20-25,28-29H2,1H3,(H,52,58,60)/t33-,35?/m0/s1. The molecule has 2 atom stereocenters. The molecule has 3 saturated heterocycles. The Labute approximate surface area is 356 Å². The second-order valence-corrected chi connectivity index (χ2v) is 16.5. The fourth-order valence-electron chi connectivity index (χ4n) is 8.91. The van der Waals surface area contributed by atoms with Gasteiger partial charge in [0.2, 0.25) is 17.7 Å². The maximum absolute atomic E-state index is 16.6. The lowest BCUT2D eigenvalue weighted by molar-refractivity contribution is -0.138. The topological polar surface area (TPSA) is 124 Å². The Hall–Kier alpha value is -6.03. The first-order chi connectivity index (χ1) is 29.8. The fraction of sp³-hybridized carbons (Fsp3) is 0.413. The lowest BCUT2D eigenvalue weighted by Gasteiger charge is -2.36. The van der Waals surface area contributed by atoms with Crippen molar-refractivity contribution >= 4 is 40.3 Å². The summed E-state index contributed by atoms with van der Waals surface area (Å²) < 4.78 is 63.8. The number of likely N-dealkylation sites (tertiary alicyclic amines) is 1. The van der Waals surface area contributed by atoms with Crippen LogP contribution in [0.4, 0.5) is 23.2 Å². The number of amides is 4. The number of imide groups is 1. The monoisotopic (exact) mass is 855 g/mol. The molecule has 3 aliphatic rings. The number of benzene rings is 3. The Morgan fingerprint density at radius 3 is 2.40 bits per heavy atom. The largest absolute Gasteiger partial charge is 0.448 e. The average molecular weight is 856 g/mol. The van der Waals surface area contributed by atoms with Gasteiger partial charge in [-0.2, -0.15) is 18.3 Å². The molecular formula is C46H49F4N7O5. The number of carbonyl (C=O) groups excluding carboxylic acids is 4. The van der Waals surface area contributed by atoms with Crippen LogP contribution in [-0.2, 0) is 27.3 Å². The molecule has 0 saturated carbocycles. The highest BCUT2D eigenvalue weighted by Crippen LogP contribution is 2.40. The second kappa shape index (κ2) is 18.1. The summed E-state index contributed by atoms with van der Waals surface area (Å²) in [5, 5.41) is 6.86. The number of rotatable bonds is 12. The van der Waals surface area contributed by atoms with Crippen molar-refractivity contribution in [2.75, 3.05) is 64.3 Å². The molecule has 3 aromatic carbocycles. The van der Waals surface area contributed by atoms with Gasteiger partial charge in [0.1, 0.15) is 6.54 Å². The van der Waals surface area contributed by atoms with Crippen molar-refractivity contribution in [3.05, 3.63) is 107 Å². The Morgan fingerprint density at radius 2 is 1.71 bits per heavy atom. The normalized spacial score (nSPS) is 18.9. The van der Waals surface area contributed by atoms with Crippen molar-refractivity contribution in [2.45, 2.75) is 63.1 Å². The minimum atomic E-state index is -4.63. The molecule has 8 rings (SSSR count). The van der Waals surface area contributed by atoms with Crippen LogP contribution in [-0.4, -0.2) is 114 Å². The van der Waals surface area contributed by atoms with Gasteiger partial charge in [0.25, 0.3) is 5.91 Å². The predicted molar refractivity (Wildman–Crippen MR) is 224 cm³/mol. The molecule has 16 heteroatoms. The molecule has 62 heavy (non-hydrogen) atoms. The van der Waals surface area contributed by atoms with Crippen LogP contribution in [0, 0.1) is 5.82 Å². The Bertz CT molecular complexity index is 2410. The van der Waals surface area contributed by atoms with Crippen molar-refractivity contribution in [3.8, 4) is 11.1 Å². The molecule has 1 unspecified atom stereocenters. The number of piperidine rings is 2. The Balaban J connectivity index is 0.965. The van der Waals surface area contributed by atoms with Gasteiger partial charge in [0.05, 0.1) is 5.92 Å². The number of nitrogens with one attached hydrogen (secondary N) is 1. The number of anilines is 1. The zero-order valence-corrected chi connectivity index (χ0v) is 34.5. The lowest BCUT2D eigenvalue weighted by atomic mass is 9.87. The number of aromatic nitrogens is 2. The number of hydrogen-bond acceptors (Lipinski definition) is 8. The van der Waals surface area contributed by atoms with Gasteiger partial charge in [-0.15, -0.1) is 0 Å². The van der Waals surface area contributed by atoms with E-state index in [0.29, 0.717) is 60.4 Å². The van der Waals surface area contributed by atoms with Crippen LogP contribution in [0.1, 0.15) is 71.2 Å². The van der Waals surface area contributed by atoms with E-state index in [1.54, 1.807) is 34.1 Å². The van der Waals surface area contributed by atoms with Crippen molar-refractivity contribution in [1.29, 1.82) is 0 Å². The number of furan rings is 1. The second-order valence-electron chi connectivity index (χ2n) is 16.5. The first-order valence-corrected chi connectivity index (χ1v) is 21.1. The molecule has 0 bridgehead atoms. The number of carbonyl (C=O) groups is 4. The zero-order chi connectivity index (χ0) is 43.5. The van der Waals surface area contributed by atoms with Crippen LogP contribution in [0.2, 0.25) is 0 Å². The summed E-state index contributed by atoms with van der Waals surface area (Å²) in [6.07, 6.45) is 2.02. The van der Waals surface area contributed by atoms with Crippen LogP contribution < -0.4 is 10.2 Å². The van der Waals surface area contributed by atoms with Gasteiger partial charge in [0, 0.05) is 102 Å². The number of halogens is 4. The quantitative estimate of drug-likeness (QED) is 0.108. The Kier molecular flexibility index (Phi) is 12.5. The summed E-state index contributed by atoms with van der Waals surface area (Å²) in [5.74, 6) is -3.33. The van der Waals surface area contributed by atoms with E-state index in [1.807, 2.05) is 36.4 Å². The first kappa shape index (κ1) is 42.7. The molecule has 4 amide bonds. The molecule has 3 fully saturated rings. The molecule has 0 spiro atoms. The van der Waals surface area contributed by atoms with Gasteiger partial charge in [-0.05, 0) is 83.8 Å². The van der Waals surface area contributed by atoms with E-state index in [1.165, 1.54) is 11.6 Å². The number of piperazine rings is 1. The maximum Gasteiger partial charge on any atom is 0.406 e. The molecule has 5 heterocycles. The van der Waals surface area contributed by atoms with E-state index in [9.17, 15) is 32.3 Å². The number of hydrogen-bond donors (Lipinski definition) is 1. The van der Waals surface area contributed by atoms with Crippen LogP contribution >= 0.6 is 0 Å². The smallest absolute Gasteiger partial charge is 0.406 e. The number of aryl methyl sites for hydroxylation is 1. The minimum Gasteiger partial charge on any atom is -0.448 e. The van der Waals surface area contributed by atoms with E-state index in [-0.39, 0.29) is 53.5 Å². The lowest BCUT2D eigenvalue weighted by Crippen LogP contribution is -2.47. The van der Waals surface area contributed by atoms with Crippen molar-refractivity contribution in [1.82, 2.24) is 29.8 Å². The summed E-state index contributed by atoms with van der Waals surface area (Å²) in [4.78, 5) is 57.2.